The van der Waals surface area contributed by atoms with Crippen LogP contribution < -0.4 is 9.46 Å². The van der Waals surface area contributed by atoms with Gasteiger partial charge < -0.3 is 9.84 Å². The van der Waals surface area contributed by atoms with Crippen molar-refractivity contribution in [3.05, 3.63) is 23.8 Å². The van der Waals surface area contributed by atoms with Crippen molar-refractivity contribution in [2.45, 2.75) is 31.1 Å². The molecule has 1 aromatic carbocycles. The monoisotopic (exact) mass is 287 g/mol. The van der Waals surface area contributed by atoms with E-state index in [0.29, 0.717) is 12.2 Å². The van der Waals surface area contributed by atoms with Crippen LogP contribution in [0.2, 0.25) is 0 Å². The first-order chi connectivity index (χ1) is 8.92. The molecule has 108 valence electrons. The van der Waals surface area contributed by atoms with Gasteiger partial charge in [-0.25, -0.2) is 13.1 Å². The number of benzene rings is 1. The maximum absolute atomic E-state index is 12.0. The van der Waals surface area contributed by atoms with E-state index in [2.05, 4.69) is 4.72 Å². The van der Waals surface area contributed by atoms with E-state index in [1.165, 1.54) is 13.2 Å². The number of nitrogens with one attached hydrogen (secondary N) is 1. The topological polar surface area (TPSA) is 75.6 Å². The zero-order valence-electron chi connectivity index (χ0n) is 11.5. The number of hydrogen-bond acceptors (Lipinski definition) is 4. The van der Waals surface area contributed by atoms with Crippen molar-refractivity contribution in [1.29, 1.82) is 0 Å². The van der Waals surface area contributed by atoms with E-state index in [4.69, 9.17) is 9.84 Å². The molecule has 0 fully saturated rings. The van der Waals surface area contributed by atoms with Crippen molar-refractivity contribution >= 4 is 10.0 Å². The third-order valence-corrected chi connectivity index (χ3v) is 4.22. The van der Waals surface area contributed by atoms with Gasteiger partial charge in [-0.15, -0.1) is 0 Å². The van der Waals surface area contributed by atoms with Gasteiger partial charge >= 0.3 is 0 Å². The van der Waals surface area contributed by atoms with E-state index in [1.54, 1.807) is 12.1 Å². The Bertz CT molecular complexity index is 511. The summed E-state index contributed by atoms with van der Waals surface area (Å²) in [5, 5.41) is 8.66. The lowest BCUT2D eigenvalue weighted by molar-refractivity contribution is 0.289. The summed E-state index contributed by atoms with van der Waals surface area (Å²) >= 11 is 0. The Hall–Kier alpha value is -1.11. The van der Waals surface area contributed by atoms with Crippen LogP contribution in [0.3, 0.4) is 0 Å². The lowest BCUT2D eigenvalue weighted by atomic mass is 10.0. The molecule has 0 atom stereocenters. The van der Waals surface area contributed by atoms with Gasteiger partial charge in [0, 0.05) is 19.2 Å². The van der Waals surface area contributed by atoms with E-state index in [-0.39, 0.29) is 24.0 Å². The van der Waals surface area contributed by atoms with Crippen molar-refractivity contribution in [2.24, 2.45) is 0 Å². The van der Waals surface area contributed by atoms with Gasteiger partial charge in [0.15, 0.2) is 0 Å². The minimum absolute atomic E-state index is 0.0435. The van der Waals surface area contributed by atoms with Gasteiger partial charge in [-0.2, -0.15) is 0 Å². The fraction of sp³-hybridized carbons (Fsp3) is 0.538. The summed E-state index contributed by atoms with van der Waals surface area (Å²) in [7, 11) is -2.02. The highest BCUT2D eigenvalue weighted by Gasteiger charge is 2.16. The molecule has 0 saturated heterocycles. The number of aliphatic hydroxyl groups is 1. The molecule has 1 rings (SSSR count). The molecule has 0 aliphatic heterocycles. The van der Waals surface area contributed by atoms with Gasteiger partial charge in [0.1, 0.15) is 5.75 Å². The quantitative estimate of drug-likeness (QED) is 0.745. The predicted octanol–water partition coefficient (Wildman–Crippen LogP) is 1.48. The van der Waals surface area contributed by atoms with Crippen LogP contribution >= 0.6 is 0 Å². The Balaban J connectivity index is 3.01. The molecule has 1 aromatic rings. The van der Waals surface area contributed by atoms with Crippen LogP contribution in [-0.4, -0.2) is 33.8 Å². The molecule has 2 N–H and O–H groups in total. The van der Waals surface area contributed by atoms with E-state index in [1.807, 2.05) is 13.8 Å². The third-order valence-electron chi connectivity index (χ3n) is 2.76. The zero-order chi connectivity index (χ0) is 14.5. The Labute approximate surface area is 114 Å². The Morgan fingerprint density at radius 3 is 2.58 bits per heavy atom. The van der Waals surface area contributed by atoms with Crippen molar-refractivity contribution in [2.75, 3.05) is 20.3 Å². The lowest BCUT2D eigenvalue weighted by Gasteiger charge is -2.13. The maximum Gasteiger partial charge on any atom is 0.240 e. The van der Waals surface area contributed by atoms with Gasteiger partial charge in [-0.05, 0) is 24.0 Å². The first-order valence-electron chi connectivity index (χ1n) is 6.21. The zero-order valence-corrected chi connectivity index (χ0v) is 12.3. The molecule has 0 aliphatic rings. The number of rotatable bonds is 7. The van der Waals surface area contributed by atoms with Crippen molar-refractivity contribution in [3.63, 3.8) is 0 Å². The first-order valence-corrected chi connectivity index (χ1v) is 7.69. The van der Waals surface area contributed by atoms with Crippen LogP contribution in [0.15, 0.2) is 23.1 Å². The average molecular weight is 287 g/mol. The van der Waals surface area contributed by atoms with Gasteiger partial charge in [-0.1, -0.05) is 19.9 Å². The standard InChI is InChI=1S/C13H21NO4S/c1-10(2)12-6-5-11(9-13(12)18-3)19(16,17)14-7-4-8-15/h5-6,9-10,14-15H,4,7-8H2,1-3H3. The molecule has 0 amide bonds. The number of sulfonamides is 1. The minimum atomic E-state index is -3.55. The molecule has 0 spiro atoms. The van der Waals surface area contributed by atoms with E-state index in [9.17, 15) is 8.42 Å². The summed E-state index contributed by atoms with van der Waals surface area (Å²) in [6.45, 7) is 4.21. The molecule has 0 bridgehead atoms. The lowest BCUT2D eigenvalue weighted by Crippen LogP contribution is -2.25. The second-order valence-electron chi connectivity index (χ2n) is 4.53. The van der Waals surface area contributed by atoms with Crippen LogP contribution in [0.1, 0.15) is 31.7 Å². The molecule has 19 heavy (non-hydrogen) atoms. The van der Waals surface area contributed by atoms with Crippen molar-refractivity contribution in [3.8, 4) is 5.75 Å². The van der Waals surface area contributed by atoms with Crippen LogP contribution in [0.5, 0.6) is 5.75 Å². The number of aliphatic hydroxyl groups excluding tert-OH is 1. The molecule has 0 heterocycles. The normalized spacial score (nSPS) is 11.8. The van der Waals surface area contributed by atoms with Crippen LogP contribution in [0, 0.1) is 0 Å². The average Bonchev–Trinajstić information content (AvgIpc) is 2.38. The minimum Gasteiger partial charge on any atom is -0.496 e. The van der Waals surface area contributed by atoms with Crippen LogP contribution in [0.25, 0.3) is 0 Å². The Morgan fingerprint density at radius 2 is 2.05 bits per heavy atom. The van der Waals surface area contributed by atoms with Crippen molar-refractivity contribution < 1.29 is 18.3 Å². The second kappa shape index (κ2) is 6.88. The van der Waals surface area contributed by atoms with Crippen LogP contribution in [-0.2, 0) is 10.0 Å². The summed E-state index contributed by atoms with van der Waals surface area (Å²) < 4.78 is 31.7. The highest BCUT2D eigenvalue weighted by Crippen LogP contribution is 2.28. The number of methoxy groups -OCH3 is 1. The van der Waals surface area contributed by atoms with Gasteiger partial charge in [0.05, 0.1) is 12.0 Å². The highest BCUT2D eigenvalue weighted by molar-refractivity contribution is 7.89. The summed E-state index contributed by atoms with van der Waals surface area (Å²) in [6.07, 6.45) is 0.389. The molecule has 6 heteroatoms. The smallest absolute Gasteiger partial charge is 0.240 e. The number of hydrogen-bond donors (Lipinski definition) is 2. The Morgan fingerprint density at radius 1 is 1.37 bits per heavy atom. The van der Waals surface area contributed by atoms with Gasteiger partial charge in [0.2, 0.25) is 10.0 Å². The molecule has 5 nitrogen and oxygen atoms in total. The summed E-state index contributed by atoms with van der Waals surface area (Å²) in [6, 6.07) is 4.86. The summed E-state index contributed by atoms with van der Waals surface area (Å²) in [5.74, 6) is 0.828. The summed E-state index contributed by atoms with van der Waals surface area (Å²) in [5.41, 5.74) is 0.969. The first kappa shape index (κ1) is 15.9. The highest BCUT2D eigenvalue weighted by atomic mass is 32.2. The predicted molar refractivity (Wildman–Crippen MR) is 74.0 cm³/mol. The van der Waals surface area contributed by atoms with Gasteiger partial charge in [0.25, 0.3) is 0 Å². The van der Waals surface area contributed by atoms with E-state index < -0.39 is 10.0 Å². The fourth-order valence-corrected chi connectivity index (χ4v) is 2.79. The molecule has 0 aromatic heterocycles. The maximum atomic E-state index is 12.0. The Kier molecular flexibility index (Phi) is 5.78. The van der Waals surface area contributed by atoms with Crippen LogP contribution in [0.4, 0.5) is 0 Å². The fourth-order valence-electron chi connectivity index (χ4n) is 1.70. The van der Waals surface area contributed by atoms with E-state index >= 15 is 0 Å². The van der Waals surface area contributed by atoms with Gasteiger partial charge in [-0.3, -0.25) is 0 Å². The number of ether oxygens (including phenoxy) is 1. The molecule has 0 unspecified atom stereocenters. The van der Waals surface area contributed by atoms with Crippen molar-refractivity contribution in [1.82, 2.24) is 4.72 Å². The molecule has 0 radical (unpaired) electrons. The largest absolute Gasteiger partial charge is 0.496 e. The second-order valence-corrected chi connectivity index (χ2v) is 6.30. The molecule has 0 saturated carbocycles. The third kappa shape index (κ3) is 4.19. The summed E-state index contributed by atoms with van der Waals surface area (Å²) in [4.78, 5) is 0.173. The molecular formula is C13H21NO4S. The molecule has 0 aliphatic carbocycles. The molecular weight excluding hydrogens is 266 g/mol. The SMILES string of the molecule is COc1cc(S(=O)(=O)NCCCO)ccc1C(C)C. The van der Waals surface area contributed by atoms with E-state index in [0.717, 1.165) is 5.56 Å².